The summed E-state index contributed by atoms with van der Waals surface area (Å²) >= 11 is 0. The van der Waals surface area contributed by atoms with Gasteiger partial charge in [-0.1, -0.05) is 37.6 Å². The van der Waals surface area contributed by atoms with E-state index in [4.69, 9.17) is 15.7 Å². The second kappa shape index (κ2) is 8.04. The molecule has 1 atom stereocenters. The maximum absolute atomic E-state index is 11.9. The minimum Gasteiger partial charge on any atom is -0.483 e. The van der Waals surface area contributed by atoms with Gasteiger partial charge >= 0.3 is 0 Å². The summed E-state index contributed by atoms with van der Waals surface area (Å²) in [4.78, 5) is 11.9. The van der Waals surface area contributed by atoms with Gasteiger partial charge in [0.05, 0.1) is 5.69 Å². The van der Waals surface area contributed by atoms with Crippen molar-refractivity contribution in [2.45, 2.75) is 26.7 Å². The van der Waals surface area contributed by atoms with E-state index in [-0.39, 0.29) is 18.3 Å². The van der Waals surface area contributed by atoms with Crippen molar-refractivity contribution >= 4 is 17.4 Å². The molecule has 1 rings (SSSR count). The van der Waals surface area contributed by atoms with Crippen molar-refractivity contribution in [3.05, 3.63) is 24.3 Å². The van der Waals surface area contributed by atoms with Crippen LogP contribution in [0.3, 0.4) is 0 Å². The highest BCUT2D eigenvalue weighted by atomic mass is 16.5. The number of rotatable bonds is 7. The standard InChI is InChI=1S/C14H21N3O3/c1-3-10(2)8-14(18)16-11-6-4-5-7-12(11)20-9-13(15)17-19/h4-7,10,19H,3,8-9H2,1-2H3,(H2,15,17)(H,16,18). The van der Waals surface area contributed by atoms with Gasteiger partial charge in [-0.15, -0.1) is 0 Å². The maximum Gasteiger partial charge on any atom is 0.224 e. The number of hydrogen-bond donors (Lipinski definition) is 3. The second-order valence-electron chi connectivity index (χ2n) is 4.64. The van der Waals surface area contributed by atoms with Gasteiger partial charge in [-0.25, -0.2) is 0 Å². The van der Waals surface area contributed by atoms with Gasteiger partial charge in [-0.05, 0) is 18.1 Å². The van der Waals surface area contributed by atoms with E-state index in [9.17, 15) is 4.79 Å². The molecule has 0 saturated carbocycles. The smallest absolute Gasteiger partial charge is 0.224 e. The van der Waals surface area contributed by atoms with E-state index in [1.807, 2.05) is 13.8 Å². The monoisotopic (exact) mass is 279 g/mol. The Balaban J connectivity index is 2.67. The minimum absolute atomic E-state index is 0.0364. The lowest BCUT2D eigenvalue weighted by Gasteiger charge is -2.13. The summed E-state index contributed by atoms with van der Waals surface area (Å²) in [6.45, 7) is 4.03. The minimum atomic E-state index is -0.0563. The first-order chi connectivity index (χ1) is 9.56. The Bertz CT molecular complexity index is 474. The largest absolute Gasteiger partial charge is 0.483 e. The number of benzene rings is 1. The maximum atomic E-state index is 11.9. The van der Waals surface area contributed by atoms with Crippen LogP contribution in [0.2, 0.25) is 0 Å². The summed E-state index contributed by atoms with van der Waals surface area (Å²) in [5.74, 6) is 0.724. The lowest BCUT2D eigenvalue weighted by Crippen LogP contribution is -2.21. The average Bonchev–Trinajstić information content (AvgIpc) is 2.45. The van der Waals surface area contributed by atoms with Crippen LogP contribution in [0.4, 0.5) is 5.69 Å². The fourth-order valence-corrected chi connectivity index (χ4v) is 1.54. The molecule has 6 heteroatoms. The fourth-order valence-electron chi connectivity index (χ4n) is 1.54. The number of carbonyl (C=O) groups is 1. The Morgan fingerprint density at radius 1 is 1.50 bits per heavy atom. The molecule has 1 aromatic carbocycles. The zero-order valence-electron chi connectivity index (χ0n) is 11.8. The SMILES string of the molecule is CCC(C)CC(=O)Nc1ccccc1OC/C(N)=N/O. The van der Waals surface area contributed by atoms with Crippen molar-refractivity contribution in [3.8, 4) is 5.75 Å². The van der Waals surface area contributed by atoms with Crippen LogP contribution < -0.4 is 15.8 Å². The highest BCUT2D eigenvalue weighted by Gasteiger charge is 2.10. The van der Waals surface area contributed by atoms with Crippen LogP contribution in [0.15, 0.2) is 29.4 Å². The fraction of sp³-hybridized carbons (Fsp3) is 0.429. The average molecular weight is 279 g/mol. The molecular formula is C14H21N3O3. The molecule has 4 N–H and O–H groups in total. The normalized spacial score (nSPS) is 12.8. The van der Waals surface area contributed by atoms with Crippen molar-refractivity contribution in [2.75, 3.05) is 11.9 Å². The van der Waals surface area contributed by atoms with Gasteiger partial charge in [0.25, 0.3) is 0 Å². The first-order valence-electron chi connectivity index (χ1n) is 6.54. The van der Waals surface area contributed by atoms with Gasteiger partial charge in [-0.2, -0.15) is 0 Å². The first kappa shape index (κ1) is 15.8. The quantitative estimate of drug-likeness (QED) is 0.308. The van der Waals surface area contributed by atoms with Gasteiger partial charge in [0.15, 0.2) is 5.84 Å². The molecule has 0 aliphatic carbocycles. The van der Waals surface area contributed by atoms with Gasteiger partial charge < -0.3 is 21.0 Å². The number of carbonyl (C=O) groups excluding carboxylic acids is 1. The number of ether oxygens (including phenoxy) is 1. The van der Waals surface area contributed by atoms with Crippen molar-refractivity contribution in [3.63, 3.8) is 0 Å². The Labute approximate surface area is 118 Å². The number of nitrogens with two attached hydrogens (primary N) is 1. The molecule has 1 unspecified atom stereocenters. The van der Waals surface area contributed by atoms with Crippen LogP contribution in [0.5, 0.6) is 5.75 Å². The highest BCUT2D eigenvalue weighted by molar-refractivity contribution is 5.92. The summed E-state index contributed by atoms with van der Waals surface area (Å²) in [6.07, 6.45) is 1.42. The van der Waals surface area contributed by atoms with E-state index in [2.05, 4.69) is 10.5 Å². The number of amidine groups is 1. The number of nitrogens with zero attached hydrogens (tertiary/aromatic N) is 1. The summed E-state index contributed by atoms with van der Waals surface area (Å²) in [6, 6.07) is 7.04. The third kappa shape index (κ3) is 5.17. The van der Waals surface area contributed by atoms with E-state index in [0.717, 1.165) is 6.42 Å². The van der Waals surface area contributed by atoms with Crippen molar-refractivity contribution in [2.24, 2.45) is 16.8 Å². The zero-order chi connectivity index (χ0) is 15.0. The molecular weight excluding hydrogens is 258 g/mol. The number of hydrogen-bond acceptors (Lipinski definition) is 4. The molecule has 0 spiro atoms. The molecule has 110 valence electrons. The summed E-state index contributed by atoms with van der Waals surface area (Å²) < 4.78 is 5.39. The highest BCUT2D eigenvalue weighted by Crippen LogP contribution is 2.24. The second-order valence-corrected chi connectivity index (χ2v) is 4.64. The predicted octanol–water partition coefficient (Wildman–Crippen LogP) is 2.19. The number of oxime groups is 1. The van der Waals surface area contributed by atoms with Crippen molar-refractivity contribution in [1.29, 1.82) is 0 Å². The zero-order valence-corrected chi connectivity index (χ0v) is 11.8. The van der Waals surface area contributed by atoms with Gasteiger partial charge in [0.2, 0.25) is 5.91 Å². The molecule has 20 heavy (non-hydrogen) atoms. The number of para-hydroxylation sites is 2. The van der Waals surface area contributed by atoms with Gasteiger partial charge in [-0.3, -0.25) is 4.79 Å². The Hall–Kier alpha value is -2.24. The Kier molecular flexibility index (Phi) is 6.36. The van der Waals surface area contributed by atoms with Crippen LogP contribution in [0.1, 0.15) is 26.7 Å². The molecule has 0 heterocycles. The van der Waals surface area contributed by atoms with Crippen molar-refractivity contribution in [1.82, 2.24) is 0 Å². The molecule has 0 bridgehead atoms. The molecule has 0 fully saturated rings. The third-order valence-electron chi connectivity index (χ3n) is 2.90. The summed E-state index contributed by atoms with van der Waals surface area (Å²) in [5.41, 5.74) is 5.92. The molecule has 0 aliphatic rings. The third-order valence-corrected chi connectivity index (χ3v) is 2.90. The van der Waals surface area contributed by atoms with E-state index >= 15 is 0 Å². The topological polar surface area (TPSA) is 96.9 Å². The van der Waals surface area contributed by atoms with Crippen LogP contribution in [-0.2, 0) is 4.79 Å². The lowest BCUT2D eigenvalue weighted by molar-refractivity contribution is -0.117. The summed E-state index contributed by atoms with van der Waals surface area (Å²) in [5, 5.41) is 14.1. The first-order valence-corrected chi connectivity index (χ1v) is 6.54. The number of amides is 1. The Morgan fingerprint density at radius 3 is 2.85 bits per heavy atom. The molecule has 1 aromatic rings. The summed E-state index contributed by atoms with van der Waals surface area (Å²) in [7, 11) is 0. The van der Waals surface area contributed by atoms with E-state index in [1.165, 1.54) is 0 Å². The van der Waals surface area contributed by atoms with Gasteiger partial charge in [0.1, 0.15) is 12.4 Å². The van der Waals surface area contributed by atoms with Crippen LogP contribution in [0, 0.1) is 5.92 Å². The molecule has 0 saturated heterocycles. The van der Waals surface area contributed by atoms with Gasteiger partial charge in [0, 0.05) is 6.42 Å². The van der Waals surface area contributed by atoms with E-state index < -0.39 is 0 Å². The van der Waals surface area contributed by atoms with E-state index in [1.54, 1.807) is 24.3 Å². The Morgan fingerprint density at radius 2 is 2.20 bits per heavy atom. The molecule has 0 aliphatic heterocycles. The number of anilines is 1. The van der Waals surface area contributed by atoms with E-state index in [0.29, 0.717) is 23.8 Å². The lowest BCUT2D eigenvalue weighted by atomic mass is 10.1. The van der Waals surface area contributed by atoms with Crippen LogP contribution in [0.25, 0.3) is 0 Å². The molecule has 1 amide bonds. The van der Waals surface area contributed by atoms with Crippen LogP contribution in [-0.4, -0.2) is 23.6 Å². The van der Waals surface area contributed by atoms with Crippen LogP contribution >= 0.6 is 0 Å². The molecule has 6 nitrogen and oxygen atoms in total. The predicted molar refractivity (Wildman–Crippen MR) is 78.0 cm³/mol. The van der Waals surface area contributed by atoms with Crippen molar-refractivity contribution < 1.29 is 14.7 Å². The molecule has 0 aromatic heterocycles. The molecule has 0 radical (unpaired) electrons. The number of nitrogens with one attached hydrogen (secondary N) is 1.